The summed E-state index contributed by atoms with van der Waals surface area (Å²) in [6, 6.07) is 1.38. The Hall–Kier alpha value is -0.120. The summed E-state index contributed by atoms with van der Waals surface area (Å²) >= 11 is 0. The number of rotatable bonds is 11. The van der Waals surface area contributed by atoms with Gasteiger partial charge in [0.2, 0.25) is 0 Å². The van der Waals surface area contributed by atoms with Crippen LogP contribution in [-0.2, 0) is 4.74 Å². The minimum Gasteiger partial charge on any atom is -0.380 e. The second kappa shape index (κ2) is 11.4. The molecule has 3 unspecified atom stereocenters. The summed E-state index contributed by atoms with van der Waals surface area (Å²) in [4.78, 5) is 2.66. The zero-order valence-electron chi connectivity index (χ0n) is 14.9. The fraction of sp³-hybridized carbons (Fsp3) is 1.00. The fourth-order valence-corrected chi connectivity index (χ4v) is 3.76. The highest BCUT2D eigenvalue weighted by Crippen LogP contribution is 2.31. The molecule has 1 rings (SSSR count). The van der Waals surface area contributed by atoms with E-state index in [2.05, 4.69) is 37.9 Å². The van der Waals surface area contributed by atoms with Crippen molar-refractivity contribution < 1.29 is 4.74 Å². The highest BCUT2D eigenvalue weighted by Gasteiger charge is 2.32. The molecule has 3 atom stereocenters. The van der Waals surface area contributed by atoms with Crippen LogP contribution in [0.2, 0.25) is 0 Å². The Balaban J connectivity index is 2.60. The molecule has 126 valence electrons. The van der Waals surface area contributed by atoms with Gasteiger partial charge in [0.05, 0.1) is 6.61 Å². The van der Waals surface area contributed by atoms with Gasteiger partial charge in [0, 0.05) is 25.2 Å². The van der Waals surface area contributed by atoms with Crippen LogP contribution >= 0.6 is 0 Å². The molecule has 0 heterocycles. The van der Waals surface area contributed by atoms with Gasteiger partial charge in [-0.25, -0.2) is 0 Å². The third-order valence-electron chi connectivity index (χ3n) is 4.88. The van der Waals surface area contributed by atoms with Crippen molar-refractivity contribution in [2.24, 2.45) is 5.92 Å². The van der Waals surface area contributed by atoms with Gasteiger partial charge in [-0.15, -0.1) is 0 Å². The van der Waals surface area contributed by atoms with Gasteiger partial charge in [0.1, 0.15) is 0 Å². The molecule has 0 aromatic rings. The van der Waals surface area contributed by atoms with Gasteiger partial charge < -0.3 is 10.1 Å². The van der Waals surface area contributed by atoms with Gasteiger partial charge in [-0.1, -0.05) is 33.6 Å². The van der Waals surface area contributed by atoms with Crippen LogP contribution in [0, 0.1) is 5.92 Å². The van der Waals surface area contributed by atoms with E-state index >= 15 is 0 Å². The van der Waals surface area contributed by atoms with Crippen LogP contribution in [0.4, 0.5) is 0 Å². The lowest BCUT2D eigenvalue weighted by Gasteiger charge is -2.43. The van der Waals surface area contributed by atoms with Gasteiger partial charge in [-0.3, -0.25) is 4.90 Å². The van der Waals surface area contributed by atoms with E-state index in [-0.39, 0.29) is 0 Å². The number of nitrogens with zero attached hydrogens (tertiary/aromatic N) is 1. The van der Waals surface area contributed by atoms with Crippen LogP contribution in [0.15, 0.2) is 0 Å². The second-order valence-electron chi connectivity index (χ2n) is 6.42. The lowest BCUT2D eigenvalue weighted by atomic mass is 9.79. The quantitative estimate of drug-likeness (QED) is 0.589. The van der Waals surface area contributed by atoms with Crippen LogP contribution < -0.4 is 5.32 Å². The average Bonchev–Trinajstić information content (AvgIpc) is 2.51. The topological polar surface area (TPSA) is 24.5 Å². The molecule has 0 amide bonds. The molecule has 0 aliphatic heterocycles. The Morgan fingerprint density at radius 3 is 2.52 bits per heavy atom. The van der Waals surface area contributed by atoms with E-state index in [4.69, 9.17) is 4.74 Å². The predicted molar refractivity (Wildman–Crippen MR) is 91.9 cm³/mol. The molecule has 21 heavy (non-hydrogen) atoms. The Morgan fingerprint density at radius 1 is 1.10 bits per heavy atom. The van der Waals surface area contributed by atoms with Crippen LogP contribution in [0.5, 0.6) is 0 Å². The maximum Gasteiger partial charge on any atom is 0.0593 e. The van der Waals surface area contributed by atoms with Crippen LogP contribution in [0.3, 0.4) is 0 Å². The van der Waals surface area contributed by atoms with E-state index in [9.17, 15) is 0 Å². The van der Waals surface area contributed by atoms with Crippen LogP contribution in [0.25, 0.3) is 0 Å². The summed E-state index contributed by atoms with van der Waals surface area (Å²) in [6.07, 6.45) is 8.09. The SMILES string of the molecule is CCCNC1CCC(CCC)CC1N(CC)CCOCC. The van der Waals surface area contributed by atoms with Crippen molar-refractivity contribution in [2.75, 3.05) is 32.8 Å². The molecular weight excluding hydrogens is 260 g/mol. The summed E-state index contributed by atoms with van der Waals surface area (Å²) in [6.45, 7) is 14.0. The average molecular weight is 299 g/mol. The van der Waals surface area contributed by atoms with Crippen molar-refractivity contribution in [3.8, 4) is 0 Å². The van der Waals surface area contributed by atoms with E-state index in [1.54, 1.807) is 0 Å². The van der Waals surface area contributed by atoms with Gasteiger partial charge >= 0.3 is 0 Å². The molecule has 3 heteroatoms. The fourth-order valence-electron chi connectivity index (χ4n) is 3.76. The maximum absolute atomic E-state index is 5.59. The predicted octanol–water partition coefficient (Wildman–Crippen LogP) is 3.68. The van der Waals surface area contributed by atoms with Gasteiger partial charge in [-0.05, 0) is 51.6 Å². The Kier molecular flexibility index (Phi) is 10.3. The molecule has 1 aliphatic carbocycles. The highest BCUT2D eigenvalue weighted by atomic mass is 16.5. The lowest BCUT2D eigenvalue weighted by Crippen LogP contribution is -2.54. The van der Waals surface area contributed by atoms with Gasteiger partial charge in [0.15, 0.2) is 0 Å². The van der Waals surface area contributed by atoms with Crippen LogP contribution in [-0.4, -0.2) is 49.8 Å². The molecule has 0 bridgehead atoms. The van der Waals surface area contributed by atoms with Gasteiger partial charge in [-0.2, -0.15) is 0 Å². The zero-order chi connectivity index (χ0) is 15.5. The van der Waals surface area contributed by atoms with Gasteiger partial charge in [0.25, 0.3) is 0 Å². The Morgan fingerprint density at radius 2 is 1.90 bits per heavy atom. The molecule has 0 saturated heterocycles. The van der Waals surface area contributed by atoms with Crippen LogP contribution in [0.1, 0.15) is 66.2 Å². The minimum atomic E-state index is 0.680. The number of hydrogen-bond donors (Lipinski definition) is 1. The third-order valence-corrected chi connectivity index (χ3v) is 4.88. The van der Waals surface area contributed by atoms with Crippen molar-refractivity contribution in [2.45, 2.75) is 78.3 Å². The molecule has 0 spiro atoms. The highest BCUT2D eigenvalue weighted by molar-refractivity contribution is 4.91. The lowest BCUT2D eigenvalue weighted by molar-refractivity contribution is 0.0587. The second-order valence-corrected chi connectivity index (χ2v) is 6.42. The number of nitrogens with one attached hydrogen (secondary N) is 1. The van der Waals surface area contributed by atoms with Crippen molar-refractivity contribution >= 4 is 0 Å². The largest absolute Gasteiger partial charge is 0.380 e. The molecule has 1 saturated carbocycles. The van der Waals surface area contributed by atoms with Crippen molar-refractivity contribution in [3.63, 3.8) is 0 Å². The summed E-state index contributed by atoms with van der Waals surface area (Å²) < 4.78 is 5.59. The molecule has 1 aliphatic rings. The molecule has 1 N–H and O–H groups in total. The van der Waals surface area contributed by atoms with Crippen molar-refractivity contribution in [1.82, 2.24) is 10.2 Å². The van der Waals surface area contributed by atoms with E-state index in [1.165, 1.54) is 38.5 Å². The normalized spacial score (nSPS) is 26.4. The first kappa shape index (κ1) is 18.9. The number of likely N-dealkylation sites (N-methyl/N-ethyl adjacent to an activating group) is 1. The Labute approximate surface area is 132 Å². The van der Waals surface area contributed by atoms with Crippen molar-refractivity contribution in [3.05, 3.63) is 0 Å². The summed E-state index contributed by atoms with van der Waals surface area (Å²) in [5.74, 6) is 0.931. The first-order valence-corrected chi connectivity index (χ1v) is 9.31. The summed E-state index contributed by atoms with van der Waals surface area (Å²) in [5, 5.41) is 3.81. The summed E-state index contributed by atoms with van der Waals surface area (Å²) in [5.41, 5.74) is 0. The third kappa shape index (κ3) is 6.66. The monoisotopic (exact) mass is 298 g/mol. The minimum absolute atomic E-state index is 0.680. The smallest absolute Gasteiger partial charge is 0.0593 e. The van der Waals surface area contributed by atoms with Crippen molar-refractivity contribution in [1.29, 1.82) is 0 Å². The molecule has 0 aromatic carbocycles. The molecule has 1 fully saturated rings. The van der Waals surface area contributed by atoms with E-state index in [0.717, 1.165) is 38.8 Å². The molecule has 0 aromatic heterocycles. The van der Waals surface area contributed by atoms with E-state index in [0.29, 0.717) is 12.1 Å². The number of hydrogen-bond acceptors (Lipinski definition) is 3. The number of ether oxygens (including phenoxy) is 1. The molecular formula is C18H38N2O. The first-order chi connectivity index (χ1) is 10.3. The first-order valence-electron chi connectivity index (χ1n) is 9.31. The summed E-state index contributed by atoms with van der Waals surface area (Å²) in [7, 11) is 0. The zero-order valence-corrected chi connectivity index (χ0v) is 14.9. The standard InChI is InChI=1S/C18H38N2O/c1-5-9-16-10-11-17(19-12-6-2)18(15-16)20(7-3)13-14-21-8-4/h16-19H,5-15H2,1-4H3. The van der Waals surface area contributed by atoms with E-state index < -0.39 is 0 Å². The Bertz CT molecular complexity index is 247. The molecule has 0 radical (unpaired) electrons. The van der Waals surface area contributed by atoms with E-state index in [1.807, 2.05) is 0 Å². The maximum atomic E-state index is 5.59. The molecule has 3 nitrogen and oxygen atoms in total.